The van der Waals surface area contributed by atoms with E-state index < -0.39 is 0 Å². The molecule has 0 heterocycles. The zero-order valence-electron chi connectivity index (χ0n) is 9.53. The number of hydrogen-bond acceptors (Lipinski definition) is 3. The molecule has 0 saturated heterocycles. The van der Waals surface area contributed by atoms with Crippen molar-refractivity contribution in [2.75, 3.05) is 13.7 Å². The van der Waals surface area contributed by atoms with Gasteiger partial charge in [0.25, 0.3) is 0 Å². The van der Waals surface area contributed by atoms with Crippen molar-refractivity contribution in [1.29, 1.82) is 0 Å². The molecule has 4 unspecified atom stereocenters. The summed E-state index contributed by atoms with van der Waals surface area (Å²) in [5, 5.41) is 0. The summed E-state index contributed by atoms with van der Waals surface area (Å²) in [5.41, 5.74) is 6.02. The Bertz CT molecular complexity index is 163. The standard InChI is InChI=1S/C11H23NO2/c1-8-4-5-10(12)11(6-8)14-9(2)7-13-3/h8-11H,4-7,12H2,1-3H3. The van der Waals surface area contributed by atoms with Crippen LogP contribution in [0, 0.1) is 5.92 Å². The third-order valence-electron chi connectivity index (χ3n) is 2.91. The molecule has 4 atom stereocenters. The highest BCUT2D eigenvalue weighted by molar-refractivity contribution is 4.82. The molecule has 0 aromatic carbocycles. The molecule has 1 fully saturated rings. The minimum atomic E-state index is 0.154. The summed E-state index contributed by atoms with van der Waals surface area (Å²) < 4.78 is 10.9. The van der Waals surface area contributed by atoms with E-state index in [0.717, 1.165) is 18.8 Å². The van der Waals surface area contributed by atoms with Gasteiger partial charge in [0, 0.05) is 13.2 Å². The first-order chi connectivity index (χ1) is 6.63. The smallest absolute Gasteiger partial charge is 0.0784 e. The van der Waals surface area contributed by atoms with Crippen molar-refractivity contribution in [1.82, 2.24) is 0 Å². The predicted molar refractivity (Wildman–Crippen MR) is 57.2 cm³/mol. The normalized spacial score (nSPS) is 35.6. The molecule has 3 nitrogen and oxygen atoms in total. The first-order valence-corrected chi connectivity index (χ1v) is 5.53. The Hall–Kier alpha value is -0.120. The van der Waals surface area contributed by atoms with Crippen LogP contribution in [-0.2, 0) is 9.47 Å². The summed E-state index contributed by atoms with van der Waals surface area (Å²) in [4.78, 5) is 0. The zero-order valence-corrected chi connectivity index (χ0v) is 9.53. The summed E-state index contributed by atoms with van der Waals surface area (Å²) >= 11 is 0. The lowest BCUT2D eigenvalue weighted by molar-refractivity contribution is -0.0666. The maximum Gasteiger partial charge on any atom is 0.0784 e. The van der Waals surface area contributed by atoms with Gasteiger partial charge < -0.3 is 15.2 Å². The van der Waals surface area contributed by atoms with Crippen LogP contribution in [0.15, 0.2) is 0 Å². The van der Waals surface area contributed by atoms with Gasteiger partial charge in [-0.15, -0.1) is 0 Å². The first kappa shape index (κ1) is 12.0. The van der Waals surface area contributed by atoms with Crippen molar-refractivity contribution in [3.8, 4) is 0 Å². The van der Waals surface area contributed by atoms with Crippen LogP contribution in [0.4, 0.5) is 0 Å². The number of rotatable bonds is 4. The quantitative estimate of drug-likeness (QED) is 0.750. The molecule has 1 saturated carbocycles. The maximum atomic E-state index is 6.02. The lowest BCUT2D eigenvalue weighted by Gasteiger charge is -2.34. The Morgan fingerprint density at radius 2 is 2.14 bits per heavy atom. The lowest BCUT2D eigenvalue weighted by Crippen LogP contribution is -2.43. The fraction of sp³-hybridized carbons (Fsp3) is 1.00. The highest BCUT2D eigenvalue weighted by Crippen LogP contribution is 2.25. The fourth-order valence-electron chi connectivity index (χ4n) is 2.08. The van der Waals surface area contributed by atoms with E-state index in [4.69, 9.17) is 15.2 Å². The molecule has 1 aliphatic rings. The Kier molecular flexibility index (Phi) is 4.85. The maximum absolute atomic E-state index is 6.02. The van der Waals surface area contributed by atoms with Crippen molar-refractivity contribution in [3.05, 3.63) is 0 Å². The summed E-state index contributed by atoms with van der Waals surface area (Å²) in [6, 6.07) is 0.213. The van der Waals surface area contributed by atoms with Crippen molar-refractivity contribution in [2.45, 2.75) is 51.4 Å². The lowest BCUT2D eigenvalue weighted by atomic mass is 9.85. The molecule has 0 aliphatic heterocycles. The summed E-state index contributed by atoms with van der Waals surface area (Å²) in [5.74, 6) is 0.745. The second-order valence-electron chi connectivity index (χ2n) is 4.52. The van der Waals surface area contributed by atoms with Crippen LogP contribution < -0.4 is 5.73 Å². The Morgan fingerprint density at radius 1 is 1.43 bits per heavy atom. The molecule has 0 amide bonds. The molecule has 14 heavy (non-hydrogen) atoms. The second-order valence-corrected chi connectivity index (χ2v) is 4.52. The molecule has 1 aliphatic carbocycles. The number of hydrogen-bond donors (Lipinski definition) is 1. The van der Waals surface area contributed by atoms with Gasteiger partial charge in [-0.3, -0.25) is 0 Å². The zero-order chi connectivity index (χ0) is 10.6. The highest BCUT2D eigenvalue weighted by atomic mass is 16.5. The van der Waals surface area contributed by atoms with Gasteiger partial charge in [0.15, 0.2) is 0 Å². The number of nitrogens with two attached hydrogens (primary N) is 1. The summed E-state index contributed by atoms with van der Waals surface area (Å²) in [6.07, 6.45) is 3.80. The Labute approximate surface area is 86.9 Å². The van der Waals surface area contributed by atoms with Crippen LogP contribution in [0.2, 0.25) is 0 Å². The average Bonchev–Trinajstić information content (AvgIpc) is 2.12. The van der Waals surface area contributed by atoms with E-state index in [1.807, 2.05) is 6.92 Å². The van der Waals surface area contributed by atoms with Crippen LogP contribution in [0.1, 0.15) is 33.1 Å². The molecule has 1 rings (SSSR count). The monoisotopic (exact) mass is 201 g/mol. The van der Waals surface area contributed by atoms with Gasteiger partial charge in [-0.1, -0.05) is 6.92 Å². The van der Waals surface area contributed by atoms with E-state index in [9.17, 15) is 0 Å². The summed E-state index contributed by atoms with van der Waals surface area (Å²) in [7, 11) is 1.70. The first-order valence-electron chi connectivity index (χ1n) is 5.53. The summed E-state index contributed by atoms with van der Waals surface area (Å²) in [6.45, 7) is 4.95. The van der Waals surface area contributed by atoms with Gasteiger partial charge in [0.2, 0.25) is 0 Å². The highest BCUT2D eigenvalue weighted by Gasteiger charge is 2.27. The Morgan fingerprint density at radius 3 is 2.79 bits per heavy atom. The molecule has 2 N–H and O–H groups in total. The third kappa shape index (κ3) is 3.56. The molecule has 3 heteroatoms. The third-order valence-corrected chi connectivity index (χ3v) is 2.91. The van der Waals surface area contributed by atoms with Crippen molar-refractivity contribution in [2.24, 2.45) is 11.7 Å². The Balaban J connectivity index is 2.33. The second kappa shape index (κ2) is 5.69. The molecule has 0 bridgehead atoms. The van der Waals surface area contributed by atoms with E-state index >= 15 is 0 Å². The van der Waals surface area contributed by atoms with Crippen LogP contribution in [0.25, 0.3) is 0 Å². The van der Waals surface area contributed by atoms with Crippen LogP contribution in [-0.4, -0.2) is 32.0 Å². The number of ether oxygens (including phenoxy) is 2. The largest absolute Gasteiger partial charge is 0.382 e. The van der Waals surface area contributed by atoms with E-state index in [0.29, 0.717) is 6.61 Å². The van der Waals surface area contributed by atoms with Gasteiger partial charge in [-0.25, -0.2) is 0 Å². The molecule has 0 aromatic heterocycles. The molecule has 0 aromatic rings. The van der Waals surface area contributed by atoms with Gasteiger partial charge in [-0.2, -0.15) is 0 Å². The molecule has 0 spiro atoms. The molecule has 0 radical (unpaired) electrons. The van der Waals surface area contributed by atoms with Gasteiger partial charge in [-0.05, 0) is 32.1 Å². The SMILES string of the molecule is COCC(C)OC1CC(C)CCC1N. The van der Waals surface area contributed by atoms with E-state index in [1.54, 1.807) is 7.11 Å². The fourth-order valence-corrected chi connectivity index (χ4v) is 2.08. The minimum absolute atomic E-state index is 0.154. The van der Waals surface area contributed by atoms with Crippen LogP contribution in [0.5, 0.6) is 0 Å². The predicted octanol–water partition coefficient (Wildman–Crippen LogP) is 1.55. The van der Waals surface area contributed by atoms with Crippen LogP contribution in [0.3, 0.4) is 0 Å². The van der Waals surface area contributed by atoms with Crippen molar-refractivity contribution < 1.29 is 9.47 Å². The van der Waals surface area contributed by atoms with Gasteiger partial charge in [0.1, 0.15) is 0 Å². The average molecular weight is 201 g/mol. The van der Waals surface area contributed by atoms with E-state index in [1.165, 1.54) is 6.42 Å². The molecular formula is C11H23NO2. The minimum Gasteiger partial charge on any atom is -0.382 e. The number of methoxy groups -OCH3 is 1. The molecular weight excluding hydrogens is 178 g/mol. The van der Waals surface area contributed by atoms with Crippen molar-refractivity contribution in [3.63, 3.8) is 0 Å². The van der Waals surface area contributed by atoms with Crippen molar-refractivity contribution >= 4 is 0 Å². The van der Waals surface area contributed by atoms with Gasteiger partial charge in [0.05, 0.1) is 18.8 Å². The molecule has 84 valence electrons. The van der Waals surface area contributed by atoms with Gasteiger partial charge >= 0.3 is 0 Å². The van der Waals surface area contributed by atoms with Crippen LogP contribution >= 0.6 is 0 Å². The van der Waals surface area contributed by atoms with E-state index in [2.05, 4.69) is 6.92 Å². The topological polar surface area (TPSA) is 44.5 Å². The van der Waals surface area contributed by atoms with E-state index in [-0.39, 0.29) is 18.2 Å².